The van der Waals surface area contributed by atoms with Crippen molar-refractivity contribution in [1.82, 2.24) is 0 Å². The fraction of sp³-hybridized carbons (Fsp3) is 0.250. The lowest BCUT2D eigenvalue weighted by Gasteiger charge is -2.23. The van der Waals surface area contributed by atoms with Crippen LogP contribution in [0.2, 0.25) is 0 Å². The summed E-state index contributed by atoms with van der Waals surface area (Å²) in [7, 11) is 0. The number of carbonyl (C=O) groups is 4. The van der Waals surface area contributed by atoms with E-state index in [1.54, 1.807) is 22.7 Å². The molecule has 0 spiro atoms. The maximum atomic E-state index is 14.3. The van der Waals surface area contributed by atoms with E-state index in [1.165, 1.54) is 78.3 Å². The third kappa shape index (κ3) is 8.98. The van der Waals surface area contributed by atoms with Crippen molar-refractivity contribution in [3.63, 3.8) is 0 Å². The van der Waals surface area contributed by atoms with Crippen LogP contribution in [-0.2, 0) is 0 Å². The van der Waals surface area contributed by atoms with Gasteiger partial charge in [-0.1, -0.05) is 156 Å². The quantitative estimate of drug-likeness (QED) is 0.152. The van der Waals surface area contributed by atoms with Gasteiger partial charge < -0.3 is 0 Å². The van der Waals surface area contributed by atoms with Crippen LogP contribution in [0.1, 0.15) is 193 Å². The highest BCUT2D eigenvalue weighted by Gasteiger charge is 2.36. The molecule has 2 aliphatic carbocycles. The predicted molar refractivity (Wildman–Crippen MR) is 337 cm³/mol. The van der Waals surface area contributed by atoms with Crippen LogP contribution in [0.4, 0.5) is 0 Å². The summed E-state index contributed by atoms with van der Waals surface area (Å²) in [6.45, 7) is 27.6. The van der Waals surface area contributed by atoms with Gasteiger partial charge in [-0.2, -0.15) is 0 Å². The Balaban J connectivity index is 1.23. The molecule has 0 bridgehead atoms. The number of rotatable bonds is 8. The Morgan fingerprint density at radius 3 is 0.812 bits per heavy atom. The molecule has 0 aliphatic heterocycles. The van der Waals surface area contributed by atoms with Crippen molar-refractivity contribution < 1.29 is 19.2 Å². The first kappa shape index (κ1) is 53.7. The summed E-state index contributed by atoms with van der Waals surface area (Å²) >= 11 is 6.60. The first-order valence-electron chi connectivity index (χ1n) is 28.1. The predicted octanol–water partition coefficient (Wildman–Crippen LogP) is 18.6. The Hall–Kier alpha value is -6.94. The van der Waals surface area contributed by atoms with Crippen LogP contribution in [-0.4, -0.2) is 23.1 Å². The molecule has 4 aromatic heterocycles. The van der Waals surface area contributed by atoms with E-state index in [4.69, 9.17) is 0 Å². The van der Waals surface area contributed by atoms with Crippen LogP contribution in [0.25, 0.3) is 54.9 Å². The van der Waals surface area contributed by atoms with E-state index in [1.807, 2.05) is 84.9 Å². The van der Waals surface area contributed by atoms with Crippen molar-refractivity contribution in [3.8, 4) is 22.3 Å². The van der Waals surface area contributed by atoms with Crippen LogP contribution in [0.15, 0.2) is 133 Å². The molecule has 400 valence electrons. The largest absolute Gasteiger partial charge is 0.288 e. The number of fused-ring (bicyclic) bond motifs is 4. The van der Waals surface area contributed by atoms with Gasteiger partial charge in [0.05, 0.1) is 20.2 Å². The lowest BCUT2D eigenvalue weighted by Crippen LogP contribution is -2.10. The first-order chi connectivity index (χ1) is 38.3. The number of hydrogen-bond donors (Lipinski definition) is 0. The number of thiophene rings is 4. The Bertz CT molecular complexity index is 4290. The van der Waals surface area contributed by atoms with Gasteiger partial charge in [-0.05, 0) is 162 Å². The second kappa shape index (κ2) is 20.6. The highest BCUT2D eigenvalue weighted by atomic mass is 32.1. The fourth-order valence-corrected chi connectivity index (χ4v) is 16.6. The van der Waals surface area contributed by atoms with Crippen LogP contribution in [0, 0.1) is 27.2 Å². The molecule has 4 heterocycles. The molecular formula is C72H64O4S4. The summed E-state index contributed by atoms with van der Waals surface area (Å²) in [6.07, 6.45) is 0. The minimum Gasteiger partial charge on any atom is -0.288 e. The maximum absolute atomic E-state index is 14.3. The molecular weight excluding hydrogens is 1060 g/mol. The average Bonchev–Trinajstić information content (AvgIpc) is 4.41. The van der Waals surface area contributed by atoms with E-state index in [-0.39, 0.29) is 58.0 Å². The molecule has 12 rings (SSSR count). The summed E-state index contributed by atoms with van der Waals surface area (Å²) in [5.41, 5.74) is 15.1. The second-order valence-electron chi connectivity index (χ2n) is 23.7. The topological polar surface area (TPSA) is 68.3 Å². The van der Waals surface area contributed by atoms with Gasteiger partial charge in [0.15, 0.2) is 23.1 Å². The van der Waals surface area contributed by atoms with Crippen molar-refractivity contribution >= 4 is 101 Å². The molecule has 0 saturated heterocycles. The third-order valence-corrected chi connectivity index (χ3v) is 21.4. The van der Waals surface area contributed by atoms with E-state index in [0.717, 1.165) is 48.7 Å². The summed E-state index contributed by atoms with van der Waals surface area (Å²) in [6, 6.07) is 45.9. The summed E-state index contributed by atoms with van der Waals surface area (Å²) in [5.74, 6) is 0.661. The molecule has 0 radical (unpaired) electrons. The van der Waals surface area contributed by atoms with Crippen molar-refractivity contribution in [2.24, 2.45) is 0 Å². The Morgan fingerprint density at radius 1 is 0.275 bits per heavy atom. The summed E-state index contributed by atoms with van der Waals surface area (Å²) in [5, 5.41) is 3.75. The average molecular weight is 1120 g/mol. The molecule has 10 aromatic rings. The van der Waals surface area contributed by atoms with Crippen LogP contribution >= 0.6 is 45.3 Å². The van der Waals surface area contributed by atoms with Gasteiger partial charge in [-0.3, -0.25) is 19.2 Å². The summed E-state index contributed by atoms with van der Waals surface area (Å²) in [4.78, 5) is 57.3. The molecule has 0 unspecified atom stereocenters. The van der Waals surface area contributed by atoms with E-state index in [2.05, 4.69) is 132 Å². The van der Waals surface area contributed by atoms with E-state index >= 15 is 0 Å². The van der Waals surface area contributed by atoms with Gasteiger partial charge in [0.25, 0.3) is 0 Å². The summed E-state index contributed by atoms with van der Waals surface area (Å²) < 4.78 is 7.79. The zero-order chi connectivity index (χ0) is 56.3. The number of hydrogen-bond acceptors (Lipinski definition) is 8. The Labute approximate surface area is 483 Å². The van der Waals surface area contributed by atoms with Crippen molar-refractivity contribution in [2.45, 2.75) is 119 Å². The third-order valence-electron chi connectivity index (χ3n) is 16.3. The number of carbonyl (C=O) groups excluding carboxylic acids is 4. The van der Waals surface area contributed by atoms with Crippen molar-refractivity contribution in [2.75, 3.05) is 0 Å². The van der Waals surface area contributed by atoms with Crippen LogP contribution < -0.4 is 9.06 Å². The van der Waals surface area contributed by atoms with Crippen molar-refractivity contribution in [3.05, 3.63) is 225 Å². The lowest BCUT2D eigenvalue weighted by atomic mass is 9.81. The molecule has 0 fully saturated rings. The van der Waals surface area contributed by atoms with Gasteiger partial charge in [-0.15, -0.1) is 45.3 Å². The van der Waals surface area contributed by atoms with E-state index in [0.29, 0.717) is 43.2 Å². The van der Waals surface area contributed by atoms with Crippen LogP contribution in [0.3, 0.4) is 0 Å². The second-order valence-corrected chi connectivity index (χ2v) is 27.9. The lowest BCUT2D eigenvalue weighted by molar-refractivity contribution is 0.101. The number of ketones is 4. The minimum absolute atomic E-state index is 0.217. The SMILES string of the molecule is CC(C)c1cc(C(C)C)c(-c2c/c(=c3/ccc(=C4C(=O)c5cc6ccccc6cc5C4=O)s3)s/c2=c2/s/c(=c3\ccc(=C4C(=O)c5cc6ccccc6cc5C4=O)s3)cc2-c2c(C(C)C)cc(C(C)C)cc2C(C)C)c(C(C)C)c1. The highest BCUT2D eigenvalue weighted by molar-refractivity contribution is 7.14. The highest BCUT2D eigenvalue weighted by Crippen LogP contribution is 2.45. The van der Waals surface area contributed by atoms with Gasteiger partial charge in [0, 0.05) is 60.6 Å². The standard InChI is InChI=1S/C72H64O4S4/c1-35(2)45-29-47(37(5)6)63(48(30-45)38(7)8)55-33-61(57-21-23-59(77-57)65-67(73)51-25-41-17-13-14-18-42(41)26-52(51)68(65)74)79-71(55)72-56(64-49(39(9)10)31-46(36(3)4)32-50(64)40(11)12)34-62(80-72)58-22-24-60(78-58)66-69(75)53-27-43-19-15-16-20-44(43)28-54(53)70(66)76/h13-40H,1-12H3/b61-57+,62-58+,72-71+. The maximum Gasteiger partial charge on any atom is 0.199 e. The molecule has 80 heavy (non-hydrogen) atoms. The Morgan fingerprint density at radius 2 is 0.550 bits per heavy atom. The monoisotopic (exact) mass is 1120 g/mol. The van der Waals surface area contributed by atoms with Gasteiger partial charge in [-0.25, -0.2) is 0 Å². The molecule has 2 aliphatic rings. The molecule has 6 aromatic carbocycles. The molecule has 4 nitrogen and oxygen atoms in total. The fourth-order valence-electron chi connectivity index (χ4n) is 11.9. The van der Waals surface area contributed by atoms with E-state index in [9.17, 15) is 19.2 Å². The molecule has 0 amide bonds. The molecule has 0 saturated carbocycles. The minimum atomic E-state index is -0.221. The molecule has 0 atom stereocenters. The zero-order valence-electron chi connectivity index (χ0n) is 47.4. The van der Waals surface area contributed by atoms with E-state index < -0.39 is 0 Å². The van der Waals surface area contributed by atoms with Gasteiger partial charge in [0.2, 0.25) is 0 Å². The smallest absolute Gasteiger partial charge is 0.199 e. The van der Waals surface area contributed by atoms with Gasteiger partial charge in [0.1, 0.15) is 0 Å². The number of Topliss-reactive ketones (excluding diaryl/α,β-unsaturated/α-hetero) is 4. The van der Waals surface area contributed by atoms with Crippen LogP contribution in [0.5, 0.6) is 0 Å². The molecule has 8 heteroatoms. The normalized spacial score (nSPS) is 15.1. The first-order valence-corrected chi connectivity index (χ1v) is 31.4. The van der Waals surface area contributed by atoms with Crippen molar-refractivity contribution in [1.29, 1.82) is 0 Å². The Kier molecular flexibility index (Phi) is 13.8. The number of benzene rings is 6. The van der Waals surface area contributed by atoms with Gasteiger partial charge >= 0.3 is 0 Å². The molecule has 0 N–H and O–H groups in total. The zero-order valence-corrected chi connectivity index (χ0v) is 50.7.